The van der Waals surface area contributed by atoms with Crippen LogP contribution >= 0.6 is 0 Å². The second-order valence-corrected chi connectivity index (χ2v) is 4.02. The van der Waals surface area contributed by atoms with E-state index in [4.69, 9.17) is 5.73 Å². The van der Waals surface area contributed by atoms with Gasteiger partial charge < -0.3 is 5.73 Å². The Hall–Kier alpha value is -1.91. The van der Waals surface area contributed by atoms with Crippen molar-refractivity contribution in [1.29, 1.82) is 0 Å². The third-order valence-electron chi connectivity index (χ3n) is 2.41. The molecule has 98 valence electrons. The Balaban J connectivity index is 2.84. The molecule has 0 aliphatic rings. The number of carbonyl (C=O) groups is 1. The van der Waals surface area contributed by atoms with Crippen LogP contribution in [0.1, 0.15) is 37.0 Å². The summed E-state index contributed by atoms with van der Waals surface area (Å²) in [5.41, 5.74) is 6.20. The van der Waals surface area contributed by atoms with Gasteiger partial charge in [-0.25, -0.2) is 0 Å². The number of nitrogens with two attached hydrogens (primary N) is 1. The predicted molar refractivity (Wildman–Crippen MR) is 71.6 cm³/mol. The zero-order valence-electron chi connectivity index (χ0n) is 11.0. The summed E-state index contributed by atoms with van der Waals surface area (Å²) in [4.78, 5) is 11.2. The number of nitrogens with zero attached hydrogens (tertiary/aromatic N) is 3. The zero-order valence-corrected chi connectivity index (χ0v) is 11.0. The van der Waals surface area contributed by atoms with Crippen LogP contribution in [0.3, 0.4) is 0 Å². The van der Waals surface area contributed by atoms with Crippen molar-refractivity contribution in [3.63, 3.8) is 0 Å². The van der Waals surface area contributed by atoms with Gasteiger partial charge in [-0.1, -0.05) is 31.2 Å². The molecular formula is C13H20N4O. The fraction of sp³-hybridized carbons (Fsp3) is 0.462. The molecule has 1 rings (SSSR count). The van der Waals surface area contributed by atoms with Crippen LogP contribution in [0.4, 0.5) is 5.69 Å². The highest BCUT2D eigenvalue weighted by molar-refractivity contribution is 5.97. The van der Waals surface area contributed by atoms with Crippen molar-refractivity contribution in [2.45, 2.75) is 26.7 Å². The van der Waals surface area contributed by atoms with Crippen LogP contribution in [0.5, 0.6) is 0 Å². The molecule has 1 aromatic carbocycles. The van der Waals surface area contributed by atoms with Gasteiger partial charge in [0, 0.05) is 13.1 Å². The molecule has 0 bridgehead atoms. The van der Waals surface area contributed by atoms with Gasteiger partial charge in [0.15, 0.2) is 0 Å². The van der Waals surface area contributed by atoms with Crippen molar-refractivity contribution in [1.82, 2.24) is 5.01 Å². The Kier molecular flexibility index (Phi) is 5.84. The number of amides is 1. The van der Waals surface area contributed by atoms with Gasteiger partial charge >= 0.3 is 0 Å². The van der Waals surface area contributed by atoms with E-state index in [1.54, 1.807) is 18.2 Å². The first-order chi connectivity index (χ1) is 8.69. The maximum atomic E-state index is 11.2. The van der Waals surface area contributed by atoms with Gasteiger partial charge in [-0.15, -0.1) is 5.11 Å². The van der Waals surface area contributed by atoms with Crippen LogP contribution in [0, 0.1) is 0 Å². The lowest BCUT2D eigenvalue weighted by Crippen LogP contribution is -2.18. The van der Waals surface area contributed by atoms with Gasteiger partial charge in [-0.3, -0.25) is 9.80 Å². The van der Waals surface area contributed by atoms with E-state index in [-0.39, 0.29) is 0 Å². The first kappa shape index (κ1) is 14.2. The number of hydrogen-bond donors (Lipinski definition) is 1. The molecule has 5 heteroatoms. The molecule has 1 aromatic rings. The fourth-order valence-corrected chi connectivity index (χ4v) is 1.60. The van der Waals surface area contributed by atoms with E-state index in [1.807, 2.05) is 11.1 Å². The second-order valence-electron chi connectivity index (χ2n) is 4.02. The smallest absolute Gasteiger partial charge is 0.250 e. The standard InChI is InChI=1S/C13H20N4O/c1-3-9-17(10-4-2)16-15-12-8-6-5-7-11(12)13(14)18/h5-8H,3-4,9-10H2,1-2H3,(H2,14,18). The summed E-state index contributed by atoms with van der Waals surface area (Å²) in [6.45, 7) is 5.90. The van der Waals surface area contributed by atoms with Crippen molar-refractivity contribution in [3.8, 4) is 0 Å². The van der Waals surface area contributed by atoms with Gasteiger partial charge in [-0.2, -0.15) is 0 Å². The van der Waals surface area contributed by atoms with E-state index in [0.29, 0.717) is 11.3 Å². The predicted octanol–water partition coefficient (Wildman–Crippen LogP) is 2.91. The van der Waals surface area contributed by atoms with Crippen LogP contribution in [0.25, 0.3) is 0 Å². The largest absolute Gasteiger partial charge is 0.366 e. The van der Waals surface area contributed by atoms with Crippen LogP contribution < -0.4 is 5.73 Å². The maximum Gasteiger partial charge on any atom is 0.250 e. The molecule has 0 heterocycles. The van der Waals surface area contributed by atoms with E-state index < -0.39 is 5.91 Å². The molecule has 1 amide bonds. The van der Waals surface area contributed by atoms with Crippen LogP contribution in [0.15, 0.2) is 34.6 Å². The number of rotatable bonds is 7. The van der Waals surface area contributed by atoms with Crippen molar-refractivity contribution in [3.05, 3.63) is 29.8 Å². The Morgan fingerprint density at radius 2 is 1.83 bits per heavy atom. The molecule has 0 aliphatic heterocycles. The zero-order chi connectivity index (χ0) is 13.4. The first-order valence-electron chi connectivity index (χ1n) is 6.24. The average Bonchev–Trinajstić information content (AvgIpc) is 2.36. The van der Waals surface area contributed by atoms with Gasteiger partial charge in [0.1, 0.15) is 5.69 Å². The molecule has 0 atom stereocenters. The minimum atomic E-state index is -0.484. The lowest BCUT2D eigenvalue weighted by Gasteiger charge is -2.15. The summed E-state index contributed by atoms with van der Waals surface area (Å²) < 4.78 is 0. The molecule has 0 spiro atoms. The number of hydrogen-bond acceptors (Lipinski definition) is 3. The quantitative estimate of drug-likeness (QED) is 0.595. The summed E-state index contributed by atoms with van der Waals surface area (Å²) in [5.74, 6) is -0.484. The molecule has 0 aliphatic carbocycles. The number of primary amides is 1. The molecule has 0 saturated carbocycles. The van der Waals surface area contributed by atoms with Gasteiger partial charge in [0.2, 0.25) is 0 Å². The molecule has 2 N–H and O–H groups in total. The summed E-state index contributed by atoms with van der Waals surface area (Å²) in [5, 5.41) is 10.2. The third kappa shape index (κ3) is 4.16. The van der Waals surface area contributed by atoms with Crippen molar-refractivity contribution < 1.29 is 4.79 Å². The van der Waals surface area contributed by atoms with Crippen molar-refractivity contribution >= 4 is 11.6 Å². The molecule has 0 unspecified atom stereocenters. The van der Waals surface area contributed by atoms with Crippen LogP contribution in [-0.4, -0.2) is 24.0 Å². The van der Waals surface area contributed by atoms with Crippen LogP contribution in [-0.2, 0) is 0 Å². The van der Waals surface area contributed by atoms with Crippen LogP contribution in [0.2, 0.25) is 0 Å². The van der Waals surface area contributed by atoms with E-state index in [1.165, 1.54) is 0 Å². The highest BCUT2D eigenvalue weighted by atomic mass is 16.1. The highest BCUT2D eigenvalue weighted by Crippen LogP contribution is 2.18. The normalized spacial score (nSPS) is 10.8. The lowest BCUT2D eigenvalue weighted by atomic mass is 10.2. The molecule has 0 saturated heterocycles. The molecular weight excluding hydrogens is 228 g/mol. The number of carbonyl (C=O) groups excluding carboxylic acids is 1. The molecule has 18 heavy (non-hydrogen) atoms. The summed E-state index contributed by atoms with van der Waals surface area (Å²) in [6.07, 6.45) is 2.02. The Morgan fingerprint density at radius 1 is 1.22 bits per heavy atom. The summed E-state index contributed by atoms with van der Waals surface area (Å²) in [7, 11) is 0. The summed E-state index contributed by atoms with van der Waals surface area (Å²) in [6, 6.07) is 6.96. The molecule has 5 nitrogen and oxygen atoms in total. The van der Waals surface area contributed by atoms with E-state index >= 15 is 0 Å². The Labute approximate surface area is 108 Å². The van der Waals surface area contributed by atoms with Gasteiger partial charge in [-0.05, 0) is 25.0 Å². The van der Waals surface area contributed by atoms with Crippen molar-refractivity contribution in [2.75, 3.05) is 13.1 Å². The average molecular weight is 248 g/mol. The minimum Gasteiger partial charge on any atom is -0.366 e. The topological polar surface area (TPSA) is 71.1 Å². The first-order valence-corrected chi connectivity index (χ1v) is 6.24. The highest BCUT2D eigenvalue weighted by Gasteiger charge is 2.06. The SMILES string of the molecule is CCCN(CCC)N=Nc1ccccc1C(N)=O. The minimum absolute atomic E-state index is 0.397. The maximum absolute atomic E-state index is 11.2. The second kappa shape index (κ2) is 7.42. The molecule has 0 radical (unpaired) electrons. The number of benzene rings is 1. The Bertz CT molecular complexity index is 411. The summed E-state index contributed by atoms with van der Waals surface area (Å²) >= 11 is 0. The third-order valence-corrected chi connectivity index (χ3v) is 2.41. The molecule has 0 fully saturated rings. The van der Waals surface area contributed by atoms with E-state index in [9.17, 15) is 4.79 Å². The Morgan fingerprint density at radius 3 is 2.39 bits per heavy atom. The van der Waals surface area contributed by atoms with E-state index in [2.05, 4.69) is 24.2 Å². The van der Waals surface area contributed by atoms with Crippen molar-refractivity contribution in [2.24, 2.45) is 16.1 Å². The monoisotopic (exact) mass is 248 g/mol. The fourth-order valence-electron chi connectivity index (χ4n) is 1.60. The van der Waals surface area contributed by atoms with E-state index in [0.717, 1.165) is 25.9 Å². The van der Waals surface area contributed by atoms with Gasteiger partial charge in [0.25, 0.3) is 5.91 Å². The van der Waals surface area contributed by atoms with Gasteiger partial charge in [0.05, 0.1) is 5.56 Å². The molecule has 0 aromatic heterocycles. The lowest BCUT2D eigenvalue weighted by molar-refractivity contribution is 0.100.